The monoisotopic (exact) mass is 398 g/mol. The van der Waals surface area contributed by atoms with Gasteiger partial charge in [-0.2, -0.15) is 0 Å². The quantitative estimate of drug-likeness (QED) is 0.772. The number of ether oxygens (including phenoxy) is 3. The van der Waals surface area contributed by atoms with Gasteiger partial charge >= 0.3 is 6.09 Å². The molecule has 1 amide bonds. The molecule has 0 aromatic heterocycles. The molecule has 150 valence electrons. The standard InChI is InChI=1S/C18H26N2O6S/c1-5-27(22,23)15-14(11-6-7-12-13(8-11)25-10-24-12)18(15,9-19)20-16(21)26-17(2,3)4/h6-8,14-15H,5,9-10,19H2,1-4H3,(H,20,21)/t14-,15+,18-/m0/s1. The molecule has 1 fully saturated rings. The normalized spacial score (nSPS) is 26.6. The number of fused-ring (bicyclic) bond motifs is 1. The summed E-state index contributed by atoms with van der Waals surface area (Å²) in [4.78, 5) is 12.4. The zero-order valence-electron chi connectivity index (χ0n) is 15.9. The molecule has 3 atom stereocenters. The third kappa shape index (κ3) is 3.58. The lowest BCUT2D eigenvalue weighted by Crippen LogP contribution is -2.49. The van der Waals surface area contributed by atoms with Crippen LogP contribution in [0.4, 0.5) is 4.79 Å². The van der Waals surface area contributed by atoms with Crippen molar-refractivity contribution >= 4 is 15.9 Å². The van der Waals surface area contributed by atoms with E-state index < -0.39 is 38.2 Å². The summed E-state index contributed by atoms with van der Waals surface area (Å²) in [6.07, 6.45) is -0.688. The van der Waals surface area contributed by atoms with E-state index in [0.717, 1.165) is 5.56 Å². The highest BCUT2D eigenvalue weighted by molar-refractivity contribution is 7.92. The Kier molecular flexibility index (Phi) is 4.80. The van der Waals surface area contributed by atoms with Gasteiger partial charge in [0.2, 0.25) is 6.79 Å². The Bertz CT molecular complexity index is 848. The van der Waals surface area contributed by atoms with Gasteiger partial charge in [-0.25, -0.2) is 13.2 Å². The minimum Gasteiger partial charge on any atom is -0.454 e. The number of hydrogen-bond donors (Lipinski definition) is 2. The zero-order valence-corrected chi connectivity index (χ0v) is 16.8. The average molecular weight is 398 g/mol. The topological polar surface area (TPSA) is 117 Å². The molecule has 0 saturated heterocycles. The molecule has 27 heavy (non-hydrogen) atoms. The summed E-state index contributed by atoms with van der Waals surface area (Å²) in [6, 6.07) is 5.27. The molecule has 1 heterocycles. The Balaban J connectivity index is 1.95. The number of nitrogens with one attached hydrogen (secondary N) is 1. The molecule has 0 unspecified atom stereocenters. The summed E-state index contributed by atoms with van der Waals surface area (Å²) in [5, 5.41) is 1.92. The fourth-order valence-electron chi connectivity index (χ4n) is 3.63. The molecule has 0 radical (unpaired) electrons. The van der Waals surface area contributed by atoms with Crippen LogP contribution in [0.3, 0.4) is 0 Å². The Hall–Kier alpha value is -2.00. The number of carbonyl (C=O) groups is 1. The maximum absolute atomic E-state index is 12.7. The van der Waals surface area contributed by atoms with Gasteiger partial charge in [0.15, 0.2) is 21.3 Å². The second kappa shape index (κ2) is 6.56. The van der Waals surface area contributed by atoms with Crippen LogP contribution < -0.4 is 20.5 Å². The van der Waals surface area contributed by atoms with E-state index in [1.807, 2.05) is 0 Å². The van der Waals surface area contributed by atoms with E-state index in [9.17, 15) is 13.2 Å². The van der Waals surface area contributed by atoms with Crippen molar-refractivity contribution in [3.8, 4) is 11.5 Å². The van der Waals surface area contributed by atoms with Gasteiger partial charge in [-0.1, -0.05) is 13.0 Å². The number of nitrogens with two attached hydrogens (primary N) is 1. The first kappa shape index (κ1) is 19.8. The summed E-state index contributed by atoms with van der Waals surface area (Å²) in [5.74, 6) is 0.619. The number of carbonyl (C=O) groups excluding carboxylic acids is 1. The van der Waals surface area contributed by atoms with Gasteiger partial charge in [-0.05, 0) is 38.5 Å². The minimum atomic E-state index is -3.47. The van der Waals surface area contributed by atoms with Crippen molar-refractivity contribution in [1.82, 2.24) is 5.32 Å². The Morgan fingerprint density at radius 3 is 2.59 bits per heavy atom. The lowest BCUT2D eigenvalue weighted by atomic mass is 10.1. The van der Waals surface area contributed by atoms with E-state index in [0.29, 0.717) is 11.5 Å². The van der Waals surface area contributed by atoms with Gasteiger partial charge < -0.3 is 25.3 Å². The van der Waals surface area contributed by atoms with Gasteiger partial charge in [-0.3, -0.25) is 0 Å². The molecule has 3 rings (SSSR count). The molecule has 8 nitrogen and oxygen atoms in total. The molecule has 9 heteroatoms. The average Bonchev–Trinajstić information content (AvgIpc) is 3.00. The highest BCUT2D eigenvalue weighted by atomic mass is 32.2. The fraction of sp³-hybridized carbons (Fsp3) is 0.611. The van der Waals surface area contributed by atoms with Crippen molar-refractivity contribution in [3.63, 3.8) is 0 Å². The smallest absolute Gasteiger partial charge is 0.408 e. The van der Waals surface area contributed by atoms with E-state index in [-0.39, 0.29) is 19.1 Å². The Morgan fingerprint density at radius 2 is 2.00 bits per heavy atom. The maximum atomic E-state index is 12.7. The van der Waals surface area contributed by atoms with Crippen LogP contribution in [0.5, 0.6) is 11.5 Å². The summed E-state index contributed by atoms with van der Waals surface area (Å²) in [6.45, 7) is 6.89. The van der Waals surface area contributed by atoms with Crippen LogP contribution in [0.2, 0.25) is 0 Å². The van der Waals surface area contributed by atoms with Crippen LogP contribution in [0.1, 0.15) is 39.2 Å². The summed E-state index contributed by atoms with van der Waals surface area (Å²) in [7, 11) is -3.47. The predicted octanol–water partition coefficient (Wildman–Crippen LogP) is 1.54. The van der Waals surface area contributed by atoms with Crippen LogP contribution in [0.15, 0.2) is 18.2 Å². The van der Waals surface area contributed by atoms with Gasteiger partial charge in [0.1, 0.15) is 5.60 Å². The number of alkyl carbamates (subject to hydrolysis) is 1. The SMILES string of the molecule is CCS(=O)(=O)[C@@H]1[C@H](c2ccc3c(c2)OCO3)[C@]1(CN)NC(=O)OC(C)(C)C. The molecule has 0 bridgehead atoms. The largest absolute Gasteiger partial charge is 0.454 e. The number of rotatable bonds is 5. The zero-order chi connectivity index (χ0) is 20.0. The van der Waals surface area contributed by atoms with E-state index in [1.165, 1.54) is 0 Å². The Labute approximate surface area is 159 Å². The lowest BCUT2D eigenvalue weighted by Gasteiger charge is -2.24. The third-order valence-electron chi connectivity index (χ3n) is 4.87. The van der Waals surface area contributed by atoms with Crippen molar-refractivity contribution in [2.24, 2.45) is 5.73 Å². The molecule has 1 saturated carbocycles. The molecule has 0 spiro atoms. The second-order valence-electron chi connectivity index (χ2n) is 7.83. The van der Waals surface area contributed by atoms with Crippen LogP contribution >= 0.6 is 0 Å². The molecule has 2 aliphatic rings. The highest BCUT2D eigenvalue weighted by Crippen LogP contribution is 2.56. The third-order valence-corrected chi connectivity index (χ3v) is 7.14. The summed E-state index contributed by atoms with van der Waals surface area (Å²) in [5.41, 5.74) is 4.87. The van der Waals surface area contributed by atoms with Crippen molar-refractivity contribution in [2.45, 2.75) is 50.0 Å². The van der Waals surface area contributed by atoms with Crippen LogP contribution in [-0.2, 0) is 14.6 Å². The van der Waals surface area contributed by atoms with E-state index in [2.05, 4.69) is 5.32 Å². The van der Waals surface area contributed by atoms with Crippen molar-refractivity contribution < 1.29 is 27.4 Å². The number of hydrogen-bond acceptors (Lipinski definition) is 7. The van der Waals surface area contributed by atoms with Crippen LogP contribution in [-0.4, -0.2) is 50.0 Å². The fourth-order valence-corrected chi connectivity index (χ4v) is 5.67. The first-order valence-corrected chi connectivity index (χ1v) is 10.6. The Morgan fingerprint density at radius 1 is 1.33 bits per heavy atom. The van der Waals surface area contributed by atoms with Crippen LogP contribution in [0, 0.1) is 0 Å². The molecule has 1 aromatic carbocycles. The maximum Gasteiger partial charge on any atom is 0.408 e. The predicted molar refractivity (Wildman–Crippen MR) is 99.7 cm³/mol. The van der Waals surface area contributed by atoms with Gasteiger partial charge in [0.05, 0.1) is 10.8 Å². The number of sulfone groups is 1. The summed E-state index contributed by atoms with van der Waals surface area (Å²) < 4.78 is 41.5. The van der Waals surface area contributed by atoms with E-state index in [4.69, 9.17) is 19.9 Å². The molecule has 1 aliphatic carbocycles. The first-order chi connectivity index (χ1) is 12.5. The van der Waals surface area contributed by atoms with Crippen molar-refractivity contribution in [1.29, 1.82) is 0 Å². The molecular weight excluding hydrogens is 372 g/mol. The number of benzene rings is 1. The van der Waals surface area contributed by atoms with Gasteiger partial charge in [-0.15, -0.1) is 0 Å². The minimum absolute atomic E-state index is 0.0325. The van der Waals surface area contributed by atoms with Crippen LogP contribution in [0.25, 0.3) is 0 Å². The molecule has 1 aliphatic heterocycles. The van der Waals surface area contributed by atoms with E-state index in [1.54, 1.807) is 45.9 Å². The molecule has 3 N–H and O–H groups in total. The summed E-state index contributed by atoms with van der Waals surface area (Å²) >= 11 is 0. The van der Waals surface area contributed by atoms with Crippen molar-refractivity contribution in [3.05, 3.63) is 23.8 Å². The lowest BCUT2D eigenvalue weighted by molar-refractivity contribution is 0.0497. The van der Waals surface area contributed by atoms with Crippen molar-refractivity contribution in [2.75, 3.05) is 19.1 Å². The highest BCUT2D eigenvalue weighted by Gasteiger charge is 2.71. The molecular formula is C18H26N2O6S. The van der Waals surface area contributed by atoms with Gasteiger partial charge in [0, 0.05) is 18.2 Å². The van der Waals surface area contributed by atoms with E-state index >= 15 is 0 Å². The number of amides is 1. The second-order valence-corrected chi connectivity index (χ2v) is 10.2. The molecule has 1 aromatic rings. The first-order valence-electron chi connectivity index (χ1n) is 8.86. The van der Waals surface area contributed by atoms with Gasteiger partial charge in [0.25, 0.3) is 0 Å².